The molecule has 12 nitrogen and oxygen atoms in total. The van der Waals surface area contributed by atoms with Crippen LogP contribution in [0.25, 0.3) is 5.69 Å². The quantitative estimate of drug-likeness (QED) is 0.129. The van der Waals surface area contributed by atoms with Crippen molar-refractivity contribution in [1.29, 1.82) is 0 Å². The molecule has 0 saturated carbocycles. The molecule has 5 aromatic rings. The van der Waals surface area contributed by atoms with E-state index in [0.717, 1.165) is 46.0 Å². The van der Waals surface area contributed by atoms with E-state index in [1.807, 2.05) is 97.1 Å². The molecule has 1 aromatic heterocycles. The summed E-state index contributed by atoms with van der Waals surface area (Å²) < 4.78 is 7.98. The van der Waals surface area contributed by atoms with Crippen LogP contribution < -0.4 is 20.6 Å². The van der Waals surface area contributed by atoms with Gasteiger partial charge in [-0.2, -0.15) is 0 Å². The van der Waals surface area contributed by atoms with E-state index in [-0.39, 0.29) is 30.7 Å². The van der Waals surface area contributed by atoms with Gasteiger partial charge in [0.05, 0.1) is 24.2 Å². The van der Waals surface area contributed by atoms with Crippen LogP contribution in [0.1, 0.15) is 77.6 Å². The van der Waals surface area contributed by atoms with Crippen LogP contribution in [-0.2, 0) is 27.3 Å². The van der Waals surface area contributed by atoms with Gasteiger partial charge in [0.25, 0.3) is 5.91 Å². The molecule has 2 aliphatic rings. The fourth-order valence-electron chi connectivity index (χ4n) is 7.75. The van der Waals surface area contributed by atoms with Gasteiger partial charge in [0, 0.05) is 42.3 Å². The molecule has 7 rings (SSSR count). The van der Waals surface area contributed by atoms with Gasteiger partial charge in [0.15, 0.2) is 12.4 Å². The molecule has 0 unspecified atom stereocenters. The predicted octanol–water partition coefficient (Wildman–Crippen LogP) is 5.70. The zero-order valence-electron chi connectivity index (χ0n) is 33.9. The number of carbonyl (C=O) groups excluding carboxylic acids is 3. The number of benzene rings is 4. The van der Waals surface area contributed by atoms with Gasteiger partial charge in [-0.1, -0.05) is 72.3 Å². The number of halogens is 1. The molecule has 3 heterocycles. The SMILES string of the molecule is CCNC(=O)C[C@@H]1N=C(c2ccc(Cl)cc2)c2cc(OCC(=O)NCc3cccc(C4CCN(C(=O)Cc5cccc([Si](C)(C)O)c5)CC4)c3)ccc2-n2c(C)nnc21. The second kappa shape index (κ2) is 18.1. The molecule has 4 aromatic carbocycles. The van der Waals surface area contributed by atoms with Crippen LogP contribution in [0.2, 0.25) is 18.1 Å². The Balaban J connectivity index is 0.978. The first-order valence-corrected chi connectivity index (χ1v) is 23.4. The Labute approximate surface area is 350 Å². The summed E-state index contributed by atoms with van der Waals surface area (Å²) in [5, 5.41) is 16.2. The van der Waals surface area contributed by atoms with Crippen LogP contribution in [0.5, 0.6) is 5.75 Å². The zero-order chi connectivity index (χ0) is 41.7. The molecule has 3 amide bonds. The number of aromatic nitrogens is 3. The first kappa shape index (κ1) is 41.5. The van der Waals surface area contributed by atoms with Crippen molar-refractivity contribution in [3.05, 3.63) is 135 Å². The molecule has 306 valence electrons. The molecule has 3 N–H and O–H groups in total. The topological polar surface area (TPSA) is 151 Å². The zero-order valence-corrected chi connectivity index (χ0v) is 35.6. The first-order valence-electron chi connectivity index (χ1n) is 20.1. The van der Waals surface area contributed by atoms with Gasteiger partial charge in [0.1, 0.15) is 17.6 Å². The monoisotopic (exact) mass is 831 g/mol. The maximum Gasteiger partial charge on any atom is 0.258 e. The van der Waals surface area contributed by atoms with Gasteiger partial charge >= 0.3 is 0 Å². The molecule has 0 radical (unpaired) electrons. The molecular formula is C45H50ClN7O5Si. The minimum atomic E-state index is -2.45. The summed E-state index contributed by atoms with van der Waals surface area (Å²) in [7, 11) is -2.45. The highest BCUT2D eigenvalue weighted by molar-refractivity contribution is 6.83. The lowest BCUT2D eigenvalue weighted by atomic mass is 9.88. The van der Waals surface area contributed by atoms with E-state index in [2.05, 4.69) is 33.0 Å². The van der Waals surface area contributed by atoms with Gasteiger partial charge in [-0.3, -0.25) is 23.9 Å². The molecule has 1 atom stereocenters. The molecule has 0 aliphatic carbocycles. The van der Waals surface area contributed by atoms with E-state index in [1.54, 1.807) is 18.2 Å². The molecule has 59 heavy (non-hydrogen) atoms. The summed E-state index contributed by atoms with van der Waals surface area (Å²) in [6, 6.07) is 28.4. The second-order valence-electron chi connectivity index (χ2n) is 15.7. The molecule has 2 aliphatic heterocycles. The number of aryl methyl sites for hydroxylation is 1. The van der Waals surface area contributed by atoms with Crippen LogP contribution in [0.4, 0.5) is 0 Å². The Hall–Kier alpha value is -5.63. The summed E-state index contributed by atoms with van der Waals surface area (Å²) in [5.74, 6) is 1.70. The number of nitrogens with zero attached hydrogens (tertiary/aromatic N) is 5. The summed E-state index contributed by atoms with van der Waals surface area (Å²) in [6.45, 7) is 9.53. The third-order valence-corrected chi connectivity index (χ3v) is 12.9. The summed E-state index contributed by atoms with van der Waals surface area (Å²) in [4.78, 5) is 56.7. The second-order valence-corrected chi connectivity index (χ2v) is 19.8. The third-order valence-electron chi connectivity index (χ3n) is 10.9. The van der Waals surface area contributed by atoms with Crippen LogP contribution in [0.3, 0.4) is 0 Å². The molecule has 14 heteroatoms. The van der Waals surface area contributed by atoms with Crippen molar-refractivity contribution in [2.24, 2.45) is 4.99 Å². The van der Waals surface area contributed by atoms with Crippen molar-refractivity contribution < 1.29 is 23.9 Å². The minimum Gasteiger partial charge on any atom is -0.484 e. The Bertz CT molecular complexity index is 2370. The number of hydrogen-bond acceptors (Lipinski definition) is 8. The van der Waals surface area contributed by atoms with E-state index >= 15 is 0 Å². The molecule has 1 saturated heterocycles. The number of hydrogen-bond donors (Lipinski definition) is 3. The lowest BCUT2D eigenvalue weighted by Gasteiger charge is -2.32. The molecule has 0 bridgehead atoms. The van der Waals surface area contributed by atoms with Crippen molar-refractivity contribution in [3.8, 4) is 11.4 Å². The highest BCUT2D eigenvalue weighted by atomic mass is 35.5. The first-order chi connectivity index (χ1) is 28.4. The Morgan fingerprint density at radius 3 is 2.39 bits per heavy atom. The Morgan fingerprint density at radius 2 is 1.64 bits per heavy atom. The molecule has 1 fully saturated rings. The predicted molar refractivity (Wildman–Crippen MR) is 231 cm³/mol. The fourth-order valence-corrected chi connectivity index (χ4v) is 8.92. The van der Waals surface area contributed by atoms with Crippen molar-refractivity contribution >= 4 is 48.5 Å². The average Bonchev–Trinajstić information content (AvgIpc) is 3.55. The standard InChI is InChI=1S/C45H50ClN7O5Si/c1-5-47-41(54)26-39-45-51-50-29(2)53(45)40-17-16-36(25-38(40)44(49-39)33-12-14-35(46)15-13-33)58-28-42(55)48-27-31-9-6-10-34(22-31)32-18-20-52(21-19-32)43(56)24-30-8-7-11-37(23-30)59(3,4)57/h6-17,22-23,25,32,39,57H,5,18-21,24,26-28H2,1-4H3,(H,47,54)(H,48,55)/t39-/m0/s1. The number of fused-ring (bicyclic) bond motifs is 3. The fraction of sp³-hybridized carbons (Fsp3) is 0.333. The summed E-state index contributed by atoms with van der Waals surface area (Å²) in [5.41, 5.74) is 6.07. The Kier molecular flexibility index (Phi) is 12.7. The number of likely N-dealkylation sites (tertiary alicyclic amines) is 1. The van der Waals surface area contributed by atoms with E-state index < -0.39 is 14.4 Å². The number of amides is 3. The highest BCUT2D eigenvalue weighted by Crippen LogP contribution is 2.35. The smallest absolute Gasteiger partial charge is 0.258 e. The Morgan fingerprint density at radius 1 is 0.898 bits per heavy atom. The van der Waals surface area contributed by atoms with Crippen molar-refractivity contribution in [2.45, 2.75) is 71.1 Å². The van der Waals surface area contributed by atoms with Gasteiger partial charge < -0.3 is 25.1 Å². The van der Waals surface area contributed by atoms with Gasteiger partial charge in [-0.15, -0.1) is 10.2 Å². The van der Waals surface area contributed by atoms with Crippen molar-refractivity contribution in [1.82, 2.24) is 30.3 Å². The van der Waals surface area contributed by atoms with Crippen LogP contribution in [0, 0.1) is 6.92 Å². The van der Waals surface area contributed by atoms with Crippen LogP contribution in [-0.4, -0.2) is 82.5 Å². The highest BCUT2D eigenvalue weighted by Gasteiger charge is 2.30. The van der Waals surface area contributed by atoms with E-state index in [0.29, 0.717) is 66.7 Å². The largest absolute Gasteiger partial charge is 0.484 e. The lowest BCUT2D eigenvalue weighted by molar-refractivity contribution is -0.131. The lowest BCUT2D eigenvalue weighted by Crippen LogP contribution is -2.42. The average molecular weight is 832 g/mol. The van der Waals surface area contributed by atoms with Crippen LogP contribution in [0.15, 0.2) is 96.0 Å². The third kappa shape index (κ3) is 9.98. The number of nitrogens with one attached hydrogen (secondary N) is 2. The van der Waals surface area contributed by atoms with Gasteiger partial charge in [-0.25, -0.2) is 0 Å². The van der Waals surface area contributed by atoms with Gasteiger partial charge in [0.2, 0.25) is 20.1 Å². The van der Waals surface area contributed by atoms with Gasteiger partial charge in [-0.05, 0) is 97.9 Å². The van der Waals surface area contributed by atoms with Crippen molar-refractivity contribution in [2.75, 3.05) is 26.2 Å². The summed E-state index contributed by atoms with van der Waals surface area (Å²) >= 11 is 6.25. The number of piperidine rings is 1. The van der Waals surface area contributed by atoms with Crippen LogP contribution >= 0.6 is 11.6 Å². The number of aliphatic imine (C=N–C) groups is 1. The summed E-state index contributed by atoms with van der Waals surface area (Å²) in [6.07, 6.45) is 2.15. The molecule has 0 spiro atoms. The number of carbonyl (C=O) groups is 3. The minimum absolute atomic E-state index is 0.0899. The number of ether oxygens (including phenoxy) is 1. The van der Waals surface area contributed by atoms with E-state index in [4.69, 9.17) is 21.3 Å². The molecular weight excluding hydrogens is 782 g/mol. The number of rotatable bonds is 13. The van der Waals surface area contributed by atoms with E-state index in [9.17, 15) is 19.2 Å². The maximum atomic E-state index is 13.2. The van der Waals surface area contributed by atoms with Crippen molar-refractivity contribution in [3.63, 3.8) is 0 Å². The van der Waals surface area contributed by atoms with E-state index in [1.165, 1.54) is 5.56 Å². The normalized spacial score (nSPS) is 15.4. The maximum absolute atomic E-state index is 13.2.